The fourth-order valence-corrected chi connectivity index (χ4v) is 1.55. The van der Waals surface area contributed by atoms with Gasteiger partial charge in [-0.25, -0.2) is 0 Å². The third-order valence-electron chi connectivity index (χ3n) is 2.72. The molecule has 0 spiro atoms. The minimum absolute atomic E-state index is 0.161. The Morgan fingerprint density at radius 3 is 2.29 bits per heavy atom. The molecule has 1 amide bonds. The Kier molecular flexibility index (Phi) is 3.90. The van der Waals surface area contributed by atoms with Crippen molar-refractivity contribution >= 4 is 11.6 Å². The Labute approximate surface area is 103 Å². The summed E-state index contributed by atoms with van der Waals surface area (Å²) in [6.07, 6.45) is 0. The number of nitrogens with zero attached hydrogens (tertiary/aromatic N) is 2. The third-order valence-corrected chi connectivity index (χ3v) is 2.72. The number of nitriles is 1. The van der Waals surface area contributed by atoms with E-state index in [4.69, 9.17) is 5.26 Å². The first-order valence-corrected chi connectivity index (χ1v) is 5.72. The van der Waals surface area contributed by atoms with Gasteiger partial charge in [0, 0.05) is 12.2 Å². The van der Waals surface area contributed by atoms with Crippen molar-refractivity contribution in [1.29, 1.82) is 5.26 Å². The molecule has 90 valence electrons. The first kappa shape index (κ1) is 13.2. The van der Waals surface area contributed by atoms with Crippen LogP contribution < -0.4 is 4.90 Å². The highest BCUT2D eigenvalue weighted by molar-refractivity contribution is 5.98. The summed E-state index contributed by atoms with van der Waals surface area (Å²) in [5.41, 5.74) is 1.00. The highest BCUT2D eigenvalue weighted by Gasteiger charge is 2.32. The SMILES string of the molecule is CCN(C(=O)C(C)(C)C#N)c1ccc(C)cc1. The normalized spacial score (nSPS) is 10.8. The first-order valence-electron chi connectivity index (χ1n) is 5.72. The number of benzene rings is 1. The summed E-state index contributed by atoms with van der Waals surface area (Å²) in [5.74, 6) is -0.161. The van der Waals surface area contributed by atoms with Crippen LogP contribution in [0.1, 0.15) is 26.3 Å². The maximum atomic E-state index is 12.2. The first-order chi connectivity index (χ1) is 7.92. The van der Waals surface area contributed by atoms with Crippen molar-refractivity contribution in [3.05, 3.63) is 29.8 Å². The molecule has 0 unspecified atom stereocenters. The molecule has 1 aromatic carbocycles. The molecule has 0 atom stereocenters. The molecule has 0 aliphatic rings. The summed E-state index contributed by atoms with van der Waals surface area (Å²) in [7, 11) is 0. The van der Waals surface area contributed by atoms with Gasteiger partial charge < -0.3 is 4.90 Å². The molecule has 0 aliphatic carbocycles. The molecule has 0 aromatic heterocycles. The van der Waals surface area contributed by atoms with E-state index >= 15 is 0 Å². The fourth-order valence-electron chi connectivity index (χ4n) is 1.55. The monoisotopic (exact) mass is 230 g/mol. The third kappa shape index (κ3) is 2.85. The second-order valence-electron chi connectivity index (χ2n) is 4.62. The summed E-state index contributed by atoms with van der Waals surface area (Å²) in [6, 6.07) is 9.79. The van der Waals surface area contributed by atoms with Crippen LogP contribution in [-0.2, 0) is 4.79 Å². The molecule has 0 fully saturated rings. The van der Waals surface area contributed by atoms with Crippen LogP contribution >= 0.6 is 0 Å². The van der Waals surface area contributed by atoms with Crippen LogP contribution in [0.3, 0.4) is 0 Å². The predicted octanol–water partition coefficient (Wildman–Crippen LogP) is 2.90. The van der Waals surface area contributed by atoms with Crippen LogP contribution in [0.25, 0.3) is 0 Å². The van der Waals surface area contributed by atoms with Gasteiger partial charge in [-0.05, 0) is 39.8 Å². The van der Waals surface area contributed by atoms with Crippen LogP contribution in [0.2, 0.25) is 0 Å². The minimum atomic E-state index is -0.985. The van der Waals surface area contributed by atoms with Gasteiger partial charge in [0.1, 0.15) is 5.41 Å². The summed E-state index contributed by atoms with van der Waals surface area (Å²) in [4.78, 5) is 13.9. The number of hydrogen-bond donors (Lipinski definition) is 0. The van der Waals surface area contributed by atoms with Crippen molar-refractivity contribution in [2.24, 2.45) is 5.41 Å². The van der Waals surface area contributed by atoms with E-state index in [1.165, 1.54) is 0 Å². The second-order valence-corrected chi connectivity index (χ2v) is 4.62. The van der Waals surface area contributed by atoms with E-state index in [1.54, 1.807) is 18.7 Å². The van der Waals surface area contributed by atoms with Crippen LogP contribution in [0.4, 0.5) is 5.69 Å². The van der Waals surface area contributed by atoms with Crippen molar-refractivity contribution in [2.45, 2.75) is 27.7 Å². The van der Waals surface area contributed by atoms with E-state index < -0.39 is 5.41 Å². The van der Waals surface area contributed by atoms with Gasteiger partial charge in [0.15, 0.2) is 0 Å². The van der Waals surface area contributed by atoms with Gasteiger partial charge in [0.05, 0.1) is 6.07 Å². The van der Waals surface area contributed by atoms with Gasteiger partial charge in [-0.15, -0.1) is 0 Å². The van der Waals surface area contributed by atoms with Gasteiger partial charge >= 0.3 is 0 Å². The molecular formula is C14H18N2O. The van der Waals surface area contributed by atoms with Gasteiger partial charge in [-0.3, -0.25) is 4.79 Å². The largest absolute Gasteiger partial charge is 0.311 e. The molecule has 0 radical (unpaired) electrons. The lowest BCUT2D eigenvalue weighted by Crippen LogP contribution is -2.40. The molecule has 0 N–H and O–H groups in total. The average molecular weight is 230 g/mol. The molecule has 1 rings (SSSR count). The maximum absolute atomic E-state index is 12.2. The molecule has 0 bridgehead atoms. The maximum Gasteiger partial charge on any atom is 0.246 e. The van der Waals surface area contributed by atoms with Gasteiger partial charge in [0.2, 0.25) is 5.91 Å². The number of aryl methyl sites for hydroxylation is 1. The van der Waals surface area contributed by atoms with E-state index in [9.17, 15) is 4.79 Å². The van der Waals surface area contributed by atoms with Crippen LogP contribution in [0.15, 0.2) is 24.3 Å². The van der Waals surface area contributed by atoms with Crippen LogP contribution in [0.5, 0.6) is 0 Å². The fraction of sp³-hybridized carbons (Fsp3) is 0.429. The second kappa shape index (κ2) is 5.01. The zero-order valence-electron chi connectivity index (χ0n) is 10.8. The Hall–Kier alpha value is -1.82. The average Bonchev–Trinajstić information content (AvgIpc) is 2.32. The highest BCUT2D eigenvalue weighted by Crippen LogP contribution is 2.23. The molecule has 0 heterocycles. The lowest BCUT2D eigenvalue weighted by Gasteiger charge is -2.26. The van der Waals surface area contributed by atoms with E-state index in [1.807, 2.05) is 44.2 Å². The minimum Gasteiger partial charge on any atom is -0.311 e. The Balaban J connectivity index is 3.05. The van der Waals surface area contributed by atoms with Crippen molar-refractivity contribution in [2.75, 3.05) is 11.4 Å². The topological polar surface area (TPSA) is 44.1 Å². The summed E-state index contributed by atoms with van der Waals surface area (Å²) in [5, 5.41) is 9.00. The zero-order chi connectivity index (χ0) is 13.1. The number of carbonyl (C=O) groups excluding carboxylic acids is 1. The van der Waals surface area contributed by atoms with Crippen LogP contribution in [-0.4, -0.2) is 12.5 Å². The Morgan fingerprint density at radius 1 is 1.35 bits per heavy atom. The van der Waals surface area contributed by atoms with E-state index in [0.717, 1.165) is 11.3 Å². The molecule has 0 saturated heterocycles. The molecule has 1 aromatic rings. The van der Waals surface area contributed by atoms with Crippen molar-refractivity contribution in [3.8, 4) is 6.07 Å². The zero-order valence-corrected chi connectivity index (χ0v) is 10.8. The van der Waals surface area contributed by atoms with Gasteiger partial charge in [0.25, 0.3) is 0 Å². The molecule has 0 saturated carbocycles. The quantitative estimate of drug-likeness (QED) is 0.801. The Bertz CT molecular complexity index is 440. The molecule has 3 heteroatoms. The predicted molar refractivity (Wildman–Crippen MR) is 68.6 cm³/mol. The number of amides is 1. The van der Waals surface area contributed by atoms with Crippen molar-refractivity contribution in [1.82, 2.24) is 0 Å². The van der Waals surface area contributed by atoms with Gasteiger partial charge in [-0.1, -0.05) is 17.7 Å². The van der Waals surface area contributed by atoms with Gasteiger partial charge in [-0.2, -0.15) is 5.26 Å². The molecule has 0 aliphatic heterocycles. The number of rotatable bonds is 3. The molecule has 17 heavy (non-hydrogen) atoms. The number of anilines is 1. The van der Waals surface area contributed by atoms with E-state index in [2.05, 4.69) is 0 Å². The smallest absolute Gasteiger partial charge is 0.246 e. The standard InChI is InChI=1S/C14H18N2O/c1-5-16(13(17)14(3,4)10-15)12-8-6-11(2)7-9-12/h6-9H,5H2,1-4H3. The molecular weight excluding hydrogens is 212 g/mol. The van der Waals surface area contributed by atoms with Crippen molar-refractivity contribution < 1.29 is 4.79 Å². The van der Waals surface area contributed by atoms with E-state index in [0.29, 0.717) is 6.54 Å². The lowest BCUT2D eigenvalue weighted by atomic mass is 9.93. The number of carbonyl (C=O) groups is 1. The Morgan fingerprint density at radius 2 is 1.88 bits per heavy atom. The summed E-state index contributed by atoms with van der Waals surface area (Å²) >= 11 is 0. The van der Waals surface area contributed by atoms with E-state index in [-0.39, 0.29) is 5.91 Å². The summed E-state index contributed by atoms with van der Waals surface area (Å²) < 4.78 is 0. The number of hydrogen-bond acceptors (Lipinski definition) is 2. The molecule has 3 nitrogen and oxygen atoms in total. The van der Waals surface area contributed by atoms with Crippen LogP contribution in [0, 0.1) is 23.7 Å². The summed E-state index contributed by atoms with van der Waals surface area (Å²) in [6.45, 7) is 7.76. The van der Waals surface area contributed by atoms with Crippen molar-refractivity contribution in [3.63, 3.8) is 0 Å². The lowest BCUT2D eigenvalue weighted by molar-refractivity contribution is -0.124. The highest BCUT2D eigenvalue weighted by atomic mass is 16.2.